The predicted octanol–water partition coefficient (Wildman–Crippen LogP) is 22.9. The number of carbonyl (C=O) groups excluding carboxylic acids is 3. The standard InChI is InChI=1S/C74H122O6/c1-4-7-10-13-16-19-22-25-28-30-31-32-33-34-35-36-37-38-39-40-41-42-43-45-46-49-52-55-58-61-64-67-73(76)79-70-71(69-78-72(75)66-63-60-57-54-51-48-27-24-21-18-15-12-9-6-3)80-74(77)68-65-62-59-56-53-50-47-44-29-26-23-20-17-14-11-8-5-2/h7-8,10-11,16-17,19-20,25-26,28-29,31-32,34-35,37-38,40-41,47,50,71H,4-6,9,12-15,18,21-24,27,30,33,36,39,42-46,48-49,51-70H2,1-3H3/b10-7-,11-8-,19-16-,20-17-,28-25-,29-26-,32-31-,35-34-,38-37-,41-40-,50-47-. The second-order valence-electron chi connectivity index (χ2n) is 21.6. The first-order valence-electron chi connectivity index (χ1n) is 33.2. The topological polar surface area (TPSA) is 78.9 Å². The number of carbonyl (C=O) groups is 3. The third kappa shape index (κ3) is 64.4. The summed E-state index contributed by atoms with van der Waals surface area (Å²) in [6.07, 6.45) is 94.6. The molecule has 0 aromatic rings. The Labute approximate surface area is 494 Å². The summed E-state index contributed by atoms with van der Waals surface area (Å²) in [6, 6.07) is 0. The van der Waals surface area contributed by atoms with E-state index in [9.17, 15) is 14.4 Å². The van der Waals surface area contributed by atoms with Gasteiger partial charge in [-0.1, -0.05) is 296 Å². The third-order valence-electron chi connectivity index (χ3n) is 13.9. The number of hydrogen-bond acceptors (Lipinski definition) is 6. The lowest BCUT2D eigenvalue weighted by atomic mass is 10.0. The van der Waals surface area contributed by atoms with Crippen molar-refractivity contribution in [2.75, 3.05) is 13.2 Å². The van der Waals surface area contributed by atoms with Crippen LogP contribution >= 0.6 is 0 Å². The first-order chi connectivity index (χ1) is 39.5. The maximum absolute atomic E-state index is 12.9. The molecule has 0 N–H and O–H groups in total. The fourth-order valence-corrected chi connectivity index (χ4v) is 9.00. The van der Waals surface area contributed by atoms with Crippen LogP contribution in [-0.4, -0.2) is 37.2 Å². The van der Waals surface area contributed by atoms with Crippen LogP contribution in [0, 0.1) is 0 Å². The first-order valence-corrected chi connectivity index (χ1v) is 33.2. The van der Waals surface area contributed by atoms with Crippen LogP contribution in [0.3, 0.4) is 0 Å². The summed E-state index contributed by atoms with van der Waals surface area (Å²) in [4.78, 5) is 38.3. The molecular formula is C74H122O6. The fourth-order valence-electron chi connectivity index (χ4n) is 9.00. The molecule has 0 radical (unpaired) electrons. The molecule has 0 spiro atoms. The van der Waals surface area contributed by atoms with Gasteiger partial charge in [-0.3, -0.25) is 14.4 Å². The maximum atomic E-state index is 12.9. The molecule has 0 rings (SSSR count). The van der Waals surface area contributed by atoms with E-state index in [-0.39, 0.29) is 31.1 Å². The van der Waals surface area contributed by atoms with Gasteiger partial charge in [0.2, 0.25) is 0 Å². The van der Waals surface area contributed by atoms with Crippen LogP contribution in [0.4, 0.5) is 0 Å². The molecule has 454 valence electrons. The summed E-state index contributed by atoms with van der Waals surface area (Å²) in [6.45, 7) is 6.40. The van der Waals surface area contributed by atoms with E-state index in [2.05, 4.69) is 154 Å². The van der Waals surface area contributed by atoms with Crippen LogP contribution in [-0.2, 0) is 28.6 Å². The van der Waals surface area contributed by atoms with Gasteiger partial charge in [-0.2, -0.15) is 0 Å². The summed E-state index contributed by atoms with van der Waals surface area (Å²) in [5.41, 5.74) is 0. The van der Waals surface area contributed by atoms with E-state index in [0.717, 1.165) is 148 Å². The molecule has 0 saturated heterocycles. The molecule has 0 heterocycles. The molecule has 0 aliphatic carbocycles. The molecular weight excluding hydrogens is 985 g/mol. The van der Waals surface area contributed by atoms with Crippen molar-refractivity contribution in [3.8, 4) is 0 Å². The highest BCUT2D eigenvalue weighted by Gasteiger charge is 2.19. The van der Waals surface area contributed by atoms with E-state index in [4.69, 9.17) is 14.2 Å². The van der Waals surface area contributed by atoms with Gasteiger partial charge >= 0.3 is 17.9 Å². The molecule has 0 aliphatic rings. The molecule has 0 saturated carbocycles. The molecule has 0 amide bonds. The van der Waals surface area contributed by atoms with Crippen molar-refractivity contribution >= 4 is 17.9 Å². The summed E-state index contributed by atoms with van der Waals surface area (Å²) in [7, 11) is 0. The number of hydrogen-bond donors (Lipinski definition) is 0. The van der Waals surface area contributed by atoms with Gasteiger partial charge in [0.25, 0.3) is 0 Å². The average Bonchev–Trinajstić information content (AvgIpc) is 3.46. The molecule has 0 aromatic heterocycles. The Morgan fingerprint density at radius 2 is 0.487 bits per heavy atom. The average molecular weight is 1110 g/mol. The zero-order valence-corrected chi connectivity index (χ0v) is 52.0. The van der Waals surface area contributed by atoms with Crippen LogP contribution in [0.15, 0.2) is 134 Å². The Morgan fingerprint density at radius 3 is 0.762 bits per heavy atom. The fraction of sp³-hybridized carbons (Fsp3) is 0.662. The van der Waals surface area contributed by atoms with E-state index < -0.39 is 6.10 Å². The number of unbranched alkanes of at least 4 members (excludes halogenated alkanes) is 26. The van der Waals surface area contributed by atoms with Gasteiger partial charge in [-0.25, -0.2) is 0 Å². The lowest BCUT2D eigenvalue weighted by molar-refractivity contribution is -0.167. The second kappa shape index (κ2) is 67.1. The molecule has 6 heteroatoms. The SMILES string of the molecule is CC/C=C\C/C=C\C/C=C\C/C=C\C/C=C\C/C=C\C/C=C\CCCCCCCCCCCC(=O)OCC(COC(=O)CCCCCCCCCCCCCCCC)OC(=O)CCCCCC/C=C\C/C=C\C/C=C\C/C=C\CC. The predicted molar refractivity (Wildman–Crippen MR) is 348 cm³/mol. The minimum Gasteiger partial charge on any atom is -0.462 e. The Hall–Kier alpha value is -4.45. The Bertz CT molecular complexity index is 1700. The molecule has 1 atom stereocenters. The number of allylic oxidation sites excluding steroid dienone is 22. The Balaban J connectivity index is 4.33. The summed E-state index contributed by atoms with van der Waals surface area (Å²) in [5.74, 6) is -0.915. The largest absolute Gasteiger partial charge is 0.462 e. The van der Waals surface area contributed by atoms with Crippen molar-refractivity contribution in [2.24, 2.45) is 0 Å². The highest BCUT2D eigenvalue weighted by molar-refractivity contribution is 5.71. The number of rotatable bonds is 59. The van der Waals surface area contributed by atoms with Crippen molar-refractivity contribution in [3.63, 3.8) is 0 Å². The van der Waals surface area contributed by atoms with Crippen LogP contribution < -0.4 is 0 Å². The second-order valence-corrected chi connectivity index (χ2v) is 21.6. The Kier molecular flexibility index (Phi) is 63.3. The van der Waals surface area contributed by atoms with Crippen molar-refractivity contribution in [3.05, 3.63) is 134 Å². The monoisotopic (exact) mass is 1110 g/mol. The lowest BCUT2D eigenvalue weighted by Gasteiger charge is -2.18. The van der Waals surface area contributed by atoms with Crippen LogP contribution in [0.5, 0.6) is 0 Å². The molecule has 6 nitrogen and oxygen atoms in total. The molecule has 0 aliphatic heterocycles. The molecule has 0 fully saturated rings. The van der Waals surface area contributed by atoms with Crippen LogP contribution in [0.1, 0.15) is 297 Å². The van der Waals surface area contributed by atoms with E-state index >= 15 is 0 Å². The number of esters is 3. The van der Waals surface area contributed by atoms with Crippen LogP contribution in [0.2, 0.25) is 0 Å². The zero-order valence-electron chi connectivity index (χ0n) is 52.0. The van der Waals surface area contributed by atoms with Gasteiger partial charge in [0.15, 0.2) is 6.10 Å². The highest BCUT2D eigenvalue weighted by Crippen LogP contribution is 2.16. The van der Waals surface area contributed by atoms with Crippen molar-refractivity contribution < 1.29 is 28.6 Å². The van der Waals surface area contributed by atoms with Crippen LogP contribution in [0.25, 0.3) is 0 Å². The van der Waals surface area contributed by atoms with Gasteiger partial charge in [0.05, 0.1) is 0 Å². The molecule has 0 bridgehead atoms. The molecule has 1 unspecified atom stereocenters. The quantitative estimate of drug-likeness (QED) is 0.0261. The highest BCUT2D eigenvalue weighted by atomic mass is 16.6. The number of ether oxygens (including phenoxy) is 3. The van der Waals surface area contributed by atoms with Gasteiger partial charge in [0, 0.05) is 19.3 Å². The van der Waals surface area contributed by atoms with Gasteiger partial charge in [0.1, 0.15) is 13.2 Å². The first kappa shape index (κ1) is 75.5. The lowest BCUT2D eigenvalue weighted by Crippen LogP contribution is -2.30. The maximum Gasteiger partial charge on any atom is 0.306 e. The van der Waals surface area contributed by atoms with E-state index in [1.807, 2.05) is 0 Å². The molecule has 80 heavy (non-hydrogen) atoms. The smallest absolute Gasteiger partial charge is 0.306 e. The summed E-state index contributed by atoms with van der Waals surface area (Å²) in [5, 5.41) is 0. The summed E-state index contributed by atoms with van der Waals surface area (Å²) < 4.78 is 16.9. The van der Waals surface area contributed by atoms with Gasteiger partial charge < -0.3 is 14.2 Å². The normalized spacial score (nSPS) is 13.0. The van der Waals surface area contributed by atoms with Gasteiger partial charge in [-0.05, 0) is 116 Å². The van der Waals surface area contributed by atoms with Crippen molar-refractivity contribution in [1.29, 1.82) is 0 Å². The van der Waals surface area contributed by atoms with E-state index in [1.165, 1.54) is 109 Å². The Morgan fingerprint density at radius 1 is 0.263 bits per heavy atom. The van der Waals surface area contributed by atoms with Crippen molar-refractivity contribution in [2.45, 2.75) is 303 Å². The molecule has 0 aromatic carbocycles. The summed E-state index contributed by atoms with van der Waals surface area (Å²) >= 11 is 0. The van der Waals surface area contributed by atoms with E-state index in [1.54, 1.807) is 0 Å². The van der Waals surface area contributed by atoms with Crippen molar-refractivity contribution in [1.82, 2.24) is 0 Å². The van der Waals surface area contributed by atoms with Gasteiger partial charge in [-0.15, -0.1) is 0 Å². The minimum atomic E-state index is -0.797. The minimum absolute atomic E-state index is 0.0902. The van der Waals surface area contributed by atoms with E-state index in [0.29, 0.717) is 19.3 Å². The third-order valence-corrected chi connectivity index (χ3v) is 13.9. The zero-order chi connectivity index (χ0) is 57.8.